The topological polar surface area (TPSA) is 122 Å². The highest BCUT2D eigenvalue weighted by Gasteiger charge is 2.37. The van der Waals surface area contributed by atoms with Gasteiger partial charge < -0.3 is 16.8 Å². The Bertz CT molecular complexity index is 994. The molecule has 0 atom stereocenters. The number of amides is 1. The van der Waals surface area contributed by atoms with Gasteiger partial charge in [0, 0.05) is 22.5 Å². The zero-order valence-electron chi connectivity index (χ0n) is 17.0. The van der Waals surface area contributed by atoms with Gasteiger partial charge in [-0.25, -0.2) is 0 Å². The van der Waals surface area contributed by atoms with E-state index in [1.54, 1.807) is 17.5 Å². The summed E-state index contributed by atoms with van der Waals surface area (Å²) in [6.07, 6.45) is -3.18. The Hall–Kier alpha value is -3.07. The number of nitrogens with one attached hydrogen (secondary N) is 1. The summed E-state index contributed by atoms with van der Waals surface area (Å²) in [5.74, 6) is -0.807. The van der Waals surface area contributed by atoms with E-state index >= 15 is 0 Å². The Kier molecular flexibility index (Phi) is 11.3. The van der Waals surface area contributed by atoms with Crippen molar-refractivity contribution in [3.63, 3.8) is 0 Å². The molecule has 0 aliphatic heterocycles. The molecule has 0 aliphatic rings. The van der Waals surface area contributed by atoms with E-state index in [2.05, 4.69) is 11.1 Å². The molecule has 0 aliphatic carbocycles. The van der Waals surface area contributed by atoms with Crippen molar-refractivity contribution in [3.05, 3.63) is 74.5 Å². The first-order valence-electron chi connectivity index (χ1n) is 9.00. The highest BCUT2D eigenvalue weighted by Crippen LogP contribution is 2.34. The number of hydrogen-bond acceptors (Lipinski definition) is 7. The summed E-state index contributed by atoms with van der Waals surface area (Å²) < 4.78 is 40.4. The molecule has 32 heavy (non-hydrogen) atoms. The minimum absolute atomic E-state index is 0.00685. The van der Waals surface area contributed by atoms with Crippen LogP contribution in [0.25, 0.3) is 0 Å². The second-order valence-electron chi connectivity index (χ2n) is 5.83. The van der Waals surface area contributed by atoms with Crippen molar-refractivity contribution in [1.29, 1.82) is 5.26 Å². The molecule has 11 heteroatoms. The fourth-order valence-electron chi connectivity index (χ4n) is 2.30. The van der Waals surface area contributed by atoms with E-state index in [4.69, 9.17) is 5.73 Å². The monoisotopic (exact) mass is 482 g/mol. The summed E-state index contributed by atoms with van der Waals surface area (Å²) in [6.45, 7) is 0. The van der Waals surface area contributed by atoms with E-state index in [0.717, 1.165) is 6.08 Å². The number of allylic oxidation sites excluding steroid dienone is 3. The van der Waals surface area contributed by atoms with Crippen LogP contribution in [-0.2, 0) is 11.2 Å². The first-order chi connectivity index (χ1) is 15.2. The minimum atomic E-state index is -4.77. The summed E-state index contributed by atoms with van der Waals surface area (Å²) in [5, 5.41) is 13.2. The van der Waals surface area contributed by atoms with Crippen LogP contribution in [0.4, 0.5) is 18.9 Å². The first-order valence-corrected chi connectivity index (χ1v) is 10.9. The first kappa shape index (κ1) is 27.0. The molecule has 5 N–H and O–H groups in total. The van der Waals surface area contributed by atoms with Gasteiger partial charge in [0.25, 0.3) is 0 Å². The maximum Gasteiger partial charge on any atom is 0.417 e. The fourth-order valence-corrected chi connectivity index (χ4v) is 3.62. The molecule has 2 rings (SSSR count). The number of nitrogens with two attached hydrogens (primary N) is 2. The smallest absolute Gasteiger partial charge is 0.392 e. The Morgan fingerprint density at radius 2 is 1.91 bits per heavy atom. The number of aldehydes is 1. The molecule has 6 nitrogen and oxygen atoms in total. The van der Waals surface area contributed by atoms with Crippen LogP contribution in [0.15, 0.2) is 64.0 Å². The van der Waals surface area contributed by atoms with Crippen molar-refractivity contribution in [2.75, 3.05) is 18.1 Å². The van der Waals surface area contributed by atoms with E-state index in [1.807, 2.05) is 0 Å². The summed E-state index contributed by atoms with van der Waals surface area (Å²) in [7, 11) is 1.50. The van der Waals surface area contributed by atoms with Crippen molar-refractivity contribution in [2.24, 2.45) is 11.5 Å². The van der Waals surface area contributed by atoms with Gasteiger partial charge in [-0.3, -0.25) is 9.59 Å². The molecule has 0 spiro atoms. The standard InChI is InChI=1S/C20H16F3N3O2S2.CH5N/c21-20(22,23)17(8-7-15-2-1-9-29-15)16(10-24)19(25)30-12-18(28)26-14-5-3-13(11-27)4-6-14;1-2/h1-6,8-9,11H,7,12,25H2,(H,26,28);2H2,1H3/b17-8+,19-16+;. The number of thiophene rings is 1. The number of nitriles is 1. The van der Waals surface area contributed by atoms with Gasteiger partial charge in [0.15, 0.2) is 0 Å². The third kappa shape index (κ3) is 8.58. The minimum Gasteiger partial charge on any atom is -0.392 e. The van der Waals surface area contributed by atoms with Gasteiger partial charge >= 0.3 is 6.18 Å². The lowest BCUT2D eigenvalue weighted by Crippen LogP contribution is -2.18. The third-order valence-corrected chi connectivity index (χ3v) is 5.53. The molecule has 0 saturated heterocycles. The number of carbonyl (C=O) groups is 2. The Morgan fingerprint density at radius 3 is 2.41 bits per heavy atom. The molecule has 1 aromatic carbocycles. The summed E-state index contributed by atoms with van der Waals surface area (Å²) in [4.78, 5) is 23.4. The highest BCUT2D eigenvalue weighted by atomic mass is 32.2. The molecular formula is C21H21F3N4O2S2. The number of alkyl halides is 3. The maximum atomic E-state index is 13.5. The van der Waals surface area contributed by atoms with Gasteiger partial charge in [0.05, 0.1) is 21.9 Å². The molecule has 0 unspecified atom stereocenters. The Balaban J connectivity index is 0.00000249. The van der Waals surface area contributed by atoms with Crippen molar-refractivity contribution < 1.29 is 22.8 Å². The number of thioether (sulfide) groups is 1. The number of carbonyl (C=O) groups excluding carboxylic acids is 2. The Morgan fingerprint density at radius 1 is 1.25 bits per heavy atom. The van der Waals surface area contributed by atoms with Gasteiger partial charge in [-0.05, 0) is 42.8 Å². The van der Waals surface area contributed by atoms with Crippen LogP contribution >= 0.6 is 23.1 Å². The molecule has 1 heterocycles. The van der Waals surface area contributed by atoms with Gasteiger partial charge in [-0.15, -0.1) is 11.3 Å². The molecule has 2 aromatic rings. The zero-order chi connectivity index (χ0) is 24.1. The van der Waals surface area contributed by atoms with Gasteiger partial charge in [0.2, 0.25) is 5.91 Å². The number of hydrogen-bond donors (Lipinski definition) is 3. The van der Waals surface area contributed by atoms with Gasteiger partial charge in [0.1, 0.15) is 12.4 Å². The van der Waals surface area contributed by atoms with Crippen molar-refractivity contribution >= 4 is 41.0 Å². The van der Waals surface area contributed by atoms with Crippen LogP contribution < -0.4 is 16.8 Å². The molecular weight excluding hydrogens is 461 g/mol. The predicted octanol–water partition coefficient (Wildman–Crippen LogP) is 4.23. The van der Waals surface area contributed by atoms with E-state index in [0.29, 0.717) is 34.2 Å². The third-order valence-electron chi connectivity index (χ3n) is 3.71. The summed E-state index contributed by atoms with van der Waals surface area (Å²) >= 11 is 1.94. The molecule has 1 amide bonds. The van der Waals surface area contributed by atoms with E-state index in [1.165, 1.54) is 48.7 Å². The van der Waals surface area contributed by atoms with Gasteiger partial charge in [-0.2, -0.15) is 18.4 Å². The molecule has 0 saturated carbocycles. The largest absolute Gasteiger partial charge is 0.417 e. The lowest BCUT2D eigenvalue weighted by molar-refractivity contribution is -0.113. The fraction of sp³-hybridized carbons (Fsp3) is 0.190. The van der Waals surface area contributed by atoms with Crippen molar-refractivity contribution in [1.82, 2.24) is 0 Å². The quantitative estimate of drug-likeness (QED) is 0.294. The number of anilines is 1. The van der Waals surface area contributed by atoms with Crippen molar-refractivity contribution in [3.8, 4) is 6.07 Å². The summed E-state index contributed by atoms with van der Waals surface area (Å²) in [5.41, 5.74) is 9.22. The highest BCUT2D eigenvalue weighted by molar-refractivity contribution is 8.03. The number of rotatable bonds is 8. The SMILES string of the molecule is CN.N#CC(=C(/N)SCC(=O)Nc1ccc(C=O)cc1)/C(=C\Cc1cccs1)C(F)(F)F. The van der Waals surface area contributed by atoms with E-state index < -0.39 is 28.3 Å². The molecule has 0 radical (unpaired) electrons. The molecule has 0 fully saturated rings. The van der Waals surface area contributed by atoms with Crippen LogP contribution in [0, 0.1) is 11.3 Å². The lowest BCUT2D eigenvalue weighted by atomic mass is 10.1. The zero-order valence-corrected chi connectivity index (χ0v) is 18.6. The molecule has 170 valence electrons. The average Bonchev–Trinajstić information content (AvgIpc) is 3.29. The Labute approximate surface area is 191 Å². The van der Waals surface area contributed by atoms with Crippen molar-refractivity contribution in [2.45, 2.75) is 12.6 Å². The predicted molar refractivity (Wildman–Crippen MR) is 122 cm³/mol. The van der Waals surface area contributed by atoms with Crippen LogP contribution in [0.5, 0.6) is 0 Å². The van der Waals surface area contributed by atoms with Crippen LogP contribution in [-0.4, -0.2) is 31.2 Å². The second kappa shape index (κ2) is 13.4. The van der Waals surface area contributed by atoms with Gasteiger partial charge in [-0.1, -0.05) is 23.9 Å². The molecule has 0 bridgehead atoms. The maximum absolute atomic E-state index is 13.5. The molecule has 1 aromatic heterocycles. The van der Waals surface area contributed by atoms with Crippen LogP contribution in [0.1, 0.15) is 15.2 Å². The summed E-state index contributed by atoms with van der Waals surface area (Å²) in [6, 6.07) is 11.0. The van der Waals surface area contributed by atoms with Crippen LogP contribution in [0.3, 0.4) is 0 Å². The lowest BCUT2D eigenvalue weighted by Gasteiger charge is -2.13. The van der Waals surface area contributed by atoms with E-state index in [-0.39, 0.29) is 12.2 Å². The van der Waals surface area contributed by atoms with Crippen LogP contribution in [0.2, 0.25) is 0 Å². The normalized spacial score (nSPS) is 12.1. The number of halogens is 3. The second-order valence-corrected chi connectivity index (χ2v) is 7.88. The number of benzene rings is 1. The average molecular weight is 483 g/mol. The number of nitrogens with zero attached hydrogens (tertiary/aromatic N) is 1. The van der Waals surface area contributed by atoms with E-state index in [9.17, 15) is 28.0 Å².